The maximum atomic E-state index is 12.6. The van der Waals surface area contributed by atoms with Crippen LogP contribution in [0.4, 0.5) is 0 Å². The highest BCUT2D eigenvalue weighted by Gasteiger charge is 2.28. The number of carbonyl (C=O) groups is 2. The molecule has 128 valence electrons. The number of hydrogen-bond donors (Lipinski definition) is 1. The van der Waals surface area contributed by atoms with Crippen LogP contribution in [0.25, 0.3) is 11.3 Å². The van der Waals surface area contributed by atoms with Crippen molar-refractivity contribution in [1.29, 1.82) is 0 Å². The van der Waals surface area contributed by atoms with Crippen LogP contribution in [0.3, 0.4) is 0 Å². The van der Waals surface area contributed by atoms with E-state index in [-0.39, 0.29) is 17.1 Å². The number of ether oxygens (including phenoxy) is 1. The highest BCUT2D eigenvalue weighted by atomic mass is 16.5. The average Bonchev–Trinajstić information content (AvgIpc) is 2.58. The Balaban J connectivity index is 1.97. The van der Waals surface area contributed by atoms with Gasteiger partial charge >= 0.3 is 0 Å². The van der Waals surface area contributed by atoms with Crippen molar-refractivity contribution in [2.45, 2.75) is 26.3 Å². The van der Waals surface area contributed by atoms with E-state index in [9.17, 15) is 9.59 Å². The van der Waals surface area contributed by atoms with E-state index in [0.717, 1.165) is 11.3 Å². The molecule has 1 heterocycles. The molecule has 0 saturated heterocycles. The number of benzene rings is 1. The van der Waals surface area contributed by atoms with Crippen LogP contribution in [0.15, 0.2) is 48.3 Å². The van der Waals surface area contributed by atoms with Crippen molar-refractivity contribution in [1.82, 2.24) is 10.3 Å². The van der Waals surface area contributed by atoms with Gasteiger partial charge in [0, 0.05) is 28.9 Å². The Morgan fingerprint density at radius 3 is 2.32 bits per heavy atom. The van der Waals surface area contributed by atoms with Gasteiger partial charge in [-0.3, -0.25) is 14.6 Å². The highest BCUT2D eigenvalue weighted by Crippen LogP contribution is 2.26. The third kappa shape index (κ3) is 3.45. The number of rotatable bonds is 3. The first-order valence-electron chi connectivity index (χ1n) is 8.02. The lowest BCUT2D eigenvalue weighted by molar-refractivity contribution is 0.0973. The van der Waals surface area contributed by atoms with Crippen LogP contribution in [0.5, 0.6) is 5.75 Å². The second kappa shape index (κ2) is 6.16. The van der Waals surface area contributed by atoms with E-state index >= 15 is 0 Å². The molecule has 1 aromatic heterocycles. The molecule has 3 rings (SSSR count). The maximum Gasteiger partial charge on any atom is 0.211 e. The largest absolute Gasteiger partial charge is 0.497 e. The molecule has 0 amide bonds. The fourth-order valence-corrected chi connectivity index (χ4v) is 2.68. The first-order chi connectivity index (χ1) is 11.8. The lowest BCUT2D eigenvalue weighted by Crippen LogP contribution is -2.39. The molecule has 2 aromatic rings. The van der Waals surface area contributed by atoms with Crippen molar-refractivity contribution in [3.8, 4) is 17.0 Å². The van der Waals surface area contributed by atoms with Gasteiger partial charge in [-0.25, -0.2) is 0 Å². The molecule has 25 heavy (non-hydrogen) atoms. The Morgan fingerprint density at radius 1 is 1.04 bits per heavy atom. The first-order valence-corrected chi connectivity index (χ1v) is 8.02. The van der Waals surface area contributed by atoms with Gasteiger partial charge < -0.3 is 10.1 Å². The lowest BCUT2D eigenvalue weighted by Gasteiger charge is -2.25. The van der Waals surface area contributed by atoms with E-state index in [0.29, 0.717) is 22.5 Å². The van der Waals surface area contributed by atoms with E-state index in [1.165, 1.54) is 12.3 Å². The monoisotopic (exact) mass is 336 g/mol. The number of ketones is 2. The van der Waals surface area contributed by atoms with Gasteiger partial charge in [-0.1, -0.05) is 0 Å². The normalized spacial score (nSPS) is 14.0. The summed E-state index contributed by atoms with van der Waals surface area (Å²) in [6.07, 6.45) is 2.85. The minimum atomic E-state index is -0.310. The minimum absolute atomic E-state index is 0.196. The Labute approximate surface area is 146 Å². The molecule has 1 N–H and O–H groups in total. The molecule has 0 unspecified atom stereocenters. The first kappa shape index (κ1) is 16.9. The molecule has 5 nitrogen and oxygen atoms in total. The fourth-order valence-electron chi connectivity index (χ4n) is 2.68. The molecule has 1 aliphatic carbocycles. The molecule has 1 aliphatic rings. The Morgan fingerprint density at radius 2 is 1.72 bits per heavy atom. The number of methoxy groups -OCH3 is 1. The summed E-state index contributed by atoms with van der Waals surface area (Å²) in [5.41, 5.74) is 2.20. The predicted molar refractivity (Wildman–Crippen MR) is 95.9 cm³/mol. The molecular formula is C20H20N2O3. The van der Waals surface area contributed by atoms with E-state index < -0.39 is 0 Å². The zero-order valence-electron chi connectivity index (χ0n) is 14.7. The number of pyridine rings is 1. The third-order valence-electron chi connectivity index (χ3n) is 3.83. The second-order valence-electron chi connectivity index (χ2n) is 6.97. The van der Waals surface area contributed by atoms with Crippen LogP contribution in [-0.2, 0) is 0 Å². The van der Waals surface area contributed by atoms with E-state index in [1.54, 1.807) is 13.2 Å². The Kier molecular flexibility index (Phi) is 4.17. The Hall–Kier alpha value is -2.95. The van der Waals surface area contributed by atoms with Crippen LogP contribution in [-0.4, -0.2) is 29.2 Å². The number of nitrogens with zero attached hydrogens (tertiary/aromatic N) is 1. The van der Waals surface area contributed by atoms with Gasteiger partial charge in [-0.2, -0.15) is 0 Å². The van der Waals surface area contributed by atoms with Gasteiger partial charge in [0.05, 0.1) is 24.1 Å². The van der Waals surface area contributed by atoms with Crippen LogP contribution in [0, 0.1) is 0 Å². The summed E-state index contributed by atoms with van der Waals surface area (Å²) in [5.74, 6) is 0.339. The van der Waals surface area contributed by atoms with Gasteiger partial charge in [0.25, 0.3) is 0 Å². The van der Waals surface area contributed by atoms with Crippen molar-refractivity contribution in [2.24, 2.45) is 0 Å². The predicted octanol–water partition coefficient (Wildman–Crippen LogP) is 3.41. The van der Waals surface area contributed by atoms with E-state index in [1.807, 2.05) is 45.0 Å². The number of hydrogen-bond acceptors (Lipinski definition) is 5. The Bertz CT molecular complexity index is 875. The maximum absolute atomic E-state index is 12.6. The fraction of sp³-hybridized carbons (Fsp3) is 0.250. The summed E-state index contributed by atoms with van der Waals surface area (Å²) in [4.78, 5) is 29.5. The summed E-state index contributed by atoms with van der Waals surface area (Å²) >= 11 is 0. The number of Topliss-reactive ketones (excluding diaryl/α,β-unsaturated/α-hetero) is 1. The summed E-state index contributed by atoms with van der Waals surface area (Å²) in [7, 11) is 1.60. The summed E-state index contributed by atoms with van der Waals surface area (Å²) in [6.45, 7) is 5.81. The molecule has 0 spiro atoms. The number of aromatic nitrogens is 1. The van der Waals surface area contributed by atoms with Crippen molar-refractivity contribution in [2.75, 3.05) is 7.11 Å². The van der Waals surface area contributed by atoms with Crippen LogP contribution in [0.2, 0.25) is 0 Å². The topological polar surface area (TPSA) is 68.3 Å². The van der Waals surface area contributed by atoms with Crippen molar-refractivity contribution in [3.63, 3.8) is 0 Å². The molecule has 0 saturated carbocycles. The molecule has 0 atom stereocenters. The second-order valence-corrected chi connectivity index (χ2v) is 6.97. The minimum Gasteiger partial charge on any atom is -0.497 e. The van der Waals surface area contributed by atoms with E-state index in [4.69, 9.17) is 4.74 Å². The average molecular weight is 336 g/mol. The van der Waals surface area contributed by atoms with Crippen LogP contribution in [0.1, 0.15) is 41.5 Å². The van der Waals surface area contributed by atoms with Gasteiger partial charge in [-0.05, 0) is 51.1 Å². The van der Waals surface area contributed by atoms with Gasteiger partial charge in [0.15, 0.2) is 5.78 Å². The summed E-state index contributed by atoms with van der Waals surface area (Å²) in [6, 6.07) is 9.06. The molecular weight excluding hydrogens is 316 g/mol. The van der Waals surface area contributed by atoms with Crippen molar-refractivity contribution in [3.05, 3.63) is 59.4 Å². The molecule has 0 fully saturated rings. The lowest BCUT2D eigenvalue weighted by atomic mass is 9.92. The van der Waals surface area contributed by atoms with Gasteiger partial charge in [0.1, 0.15) is 5.75 Å². The molecule has 0 bridgehead atoms. The molecule has 5 heteroatoms. The van der Waals surface area contributed by atoms with Crippen molar-refractivity contribution < 1.29 is 14.3 Å². The third-order valence-corrected chi connectivity index (χ3v) is 3.83. The van der Waals surface area contributed by atoms with Crippen molar-refractivity contribution >= 4 is 11.6 Å². The quantitative estimate of drug-likeness (QED) is 0.930. The molecule has 0 aliphatic heterocycles. The van der Waals surface area contributed by atoms with Crippen LogP contribution < -0.4 is 10.1 Å². The number of allylic oxidation sites excluding steroid dienone is 2. The standard InChI is InChI=1S/C20H20N2O3/c1-20(2,3)22-17-10-18(23)14-9-16(21-11-15(14)19(17)24)12-5-7-13(25-4)8-6-12/h5-11,22H,1-4H3. The number of nitrogens with one attached hydrogen (secondary N) is 1. The smallest absolute Gasteiger partial charge is 0.211 e. The zero-order valence-corrected chi connectivity index (χ0v) is 14.7. The summed E-state index contributed by atoms with van der Waals surface area (Å²) in [5, 5.41) is 3.09. The zero-order chi connectivity index (χ0) is 18.2. The number of fused-ring (bicyclic) bond motifs is 1. The SMILES string of the molecule is COc1ccc(-c2cc3c(cn2)C(=O)C(NC(C)(C)C)=CC3=O)cc1. The van der Waals surface area contributed by atoms with Crippen LogP contribution >= 0.6 is 0 Å². The van der Waals surface area contributed by atoms with Gasteiger partial charge in [0.2, 0.25) is 5.78 Å². The van der Waals surface area contributed by atoms with Gasteiger partial charge in [-0.15, -0.1) is 0 Å². The van der Waals surface area contributed by atoms with E-state index in [2.05, 4.69) is 10.3 Å². The number of carbonyl (C=O) groups excluding carboxylic acids is 2. The highest BCUT2D eigenvalue weighted by molar-refractivity contribution is 6.24. The molecule has 1 aromatic carbocycles. The molecule has 0 radical (unpaired) electrons. The summed E-state index contributed by atoms with van der Waals surface area (Å²) < 4.78 is 5.14.